The van der Waals surface area contributed by atoms with Crippen molar-refractivity contribution in [3.05, 3.63) is 0 Å². The highest BCUT2D eigenvalue weighted by Crippen LogP contribution is 2.20. The maximum Gasteiger partial charge on any atom is 0.221 e. The number of carbonyl (C=O) groups excluding carboxylic acids is 1. The second-order valence-corrected chi connectivity index (χ2v) is 5.48. The van der Waals surface area contributed by atoms with Gasteiger partial charge in [0.2, 0.25) is 5.91 Å². The lowest BCUT2D eigenvalue weighted by molar-refractivity contribution is -0.121. The SMILES string of the molecule is O=C(CC1CCCN1)NCCCOC1CCCC1. The van der Waals surface area contributed by atoms with Crippen LogP contribution in [0.2, 0.25) is 0 Å². The molecule has 2 aliphatic rings. The molecule has 1 unspecified atom stereocenters. The number of ether oxygens (including phenoxy) is 1. The van der Waals surface area contributed by atoms with Crippen molar-refractivity contribution in [2.24, 2.45) is 0 Å². The van der Waals surface area contributed by atoms with Gasteiger partial charge in [0.1, 0.15) is 0 Å². The highest BCUT2D eigenvalue weighted by Gasteiger charge is 2.17. The van der Waals surface area contributed by atoms with Crippen molar-refractivity contribution in [2.75, 3.05) is 19.7 Å². The van der Waals surface area contributed by atoms with Crippen molar-refractivity contribution < 1.29 is 9.53 Å². The van der Waals surface area contributed by atoms with E-state index < -0.39 is 0 Å². The van der Waals surface area contributed by atoms with E-state index in [9.17, 15) is 4.79 Å². The molecule has 4 heteroatoms. The quantitative estimate of drug-likeness (QED) is 0.678. The van der Waals surface area contributed by atoms with E-state index in [4.69, 9.17) is 4.74 Å². The second-order valence-electron chi connectivity index (χ2n) is 5.48. The van der Waals surface area contributed by atoms with Gasteiger partial charge in [-0.1, -0.05) is 12.8 Å². The van der Waals surface area contributed by atoms with Crippen LogP contribution in [0.3, 0.4) is 0 Å². The molecule has 18 heavy (non-hydrogen) atoms. The Morgan fingerprint density at radius 1 is 1.22 bits per heavy atom. The second kappa shape index (κ2) is 7.74. The number of hydrogen-bond acceptors (Lipinski definition) is 3. The van der Waals surface area contributed by atoms with Crippen LogP contribution < -0.4 is 10.6 Å². The molecule has 0 aromatic rings. The molecule has 1 amide bonds. The zero-order chi connectivity index (χ0) is 12.6. The van der Waals surface area contributed by atoms with Gasteiger partial charge in [-0.05, 0) is 38.6 Å². The minimum Gasteiger partial charge on any atom is -0.378 e. The minimum atomic E-state index is 0.176. The molecule has 1 atom stereocenters. The van der Waals surface area contributed by atoms with E-state index >= 15 is 0 Å². The molecule has 4 nitrogen and oxygen atoms in total. The summed E-state index contributed by atoms with van der Waals surface area (Å²) in [6.45, 7) is 2.60. The van der Waals surface area contributed by atoms with Crippen molar-refractivity contribution in [1.82, 2.24) is 10.6 Å². The van der Waals surface area contributed by atoms with Crippen LogP contribution in [-0.2, 0) is 9.53 Å². The molecule has 1 saturated heterocycles. The Hall–Kier alpha value is -0.610. The molecule has 0 bridgehead atoms. The molecule has 1 saturated carbocycles. The predicted octanol–water partition coefficient (Wildman–Crippen LogP) is 1.59. The zero-order valence-corrected chi connectivity index (χ0v) is 11.2. The van der Waals surface area contributed by atoms with Gasteiger partial charge in [-0.3, -0.25) is 4.79 Å². The monoisotopic (exact) mass is 254 g/mol. The van der Waals surface area contributed by atoms with Crippen molar-refractivity contribution >= 4 is 5.91 Å². The molecule has 2 rings (SSSR count). The minimum absolute atomic E-state index is 0.176. The first-order valence-electron chi connectivity index (χ1n) is 7.46. The van der Waals surface area contributed by atoms with Gasteiger partial charge in [0.25, 0.3) is 0 Å². The molecular weight excluding hydrogens is 228 g/mol. The Morgan fingerprint density at radius 2 is 2.06 bits per heavy atom. The summed E-state index contributed by atoms with van der Waals surface area (Å²) in [6.07, 6.45) is 9.46. The average Bonchev–Trinajstić information content (AvgIpc) is 3.01. The predicted molar refractivity (Wildman–Crippen MR) is 71.5 cm³/mol. The van der Waals surface area contributed by atoms with Crippen LogP contribution >= 0.6 is 0 Å². The van der Waals surface area contributed by atoms with Crippen molar-refractivity contribution in [3.63, 3.8) is 0 Å². The third kappa shape index (κ3) is 4.94. The van der Waals surface area contributed by atoms with E-state index in [1.165, 1.54) is 32.1 Å². The lowest BCUT2D eigenvalue weighted by Crippen LogP contribution is -2.32. The number of nitrogens with one attached hydrogen (secondary N) is 2. The van der Waals surface area contributed by atoms with Crippen LogP contribution in [0.25, 0.3) is 0 Å². The fourth-order valence-electron chi connectivity index (χ4n) is 2.83. The molecule has 1 heterocycles. The first kappa shape index (κ1) is 13.8. The smallest absolute Gasteiger partial charge is 0.221 e. The molecule has 2 N–H and O–H groups in total. The third-order valence-corrected chi connectivity index (χ3v) is 3.89. The molecule has 104 valence electrons. The number of rotatable bonds is 7. The first-order chi connectivity index (χ1) is 8.84. The summed E-state index contributed by atoms with van der Waals surface area (Å²) in [5.41, 5.74) is 0. The summed E-state index contributed by atoms with van der Waals surface area (Å²) in [6, 6.07) is 0.403. The van der Waals surface area contributed by atoms with Crippen molar-refractivity contribution in [3.8, 4) is 0 Å². The van der Waals surface area contributed by atoms with Crippen LogP contribution in [0.5, 0.6) is 0 Å². The van der Waals surface area contributed by atoms with Gasteiger partial charge in [0.05, 0.1) is 6.10 Å². The van der Waals surface area contributed by atoms with Crippen LogP contribution in [0.15, 0.2) is 0 Å². The van der Waals surface area contributed by atoms with Gasteiger partial charge in [0.15, 0.2) is 0 Å². The molecular formula is C14H26N2O2. The van der Waals surface area contributed by atoms with Crippen LogP contribution in [0.4, 0.5) is 0 Å². The average molecular weight is 254 g/mol. The van der Waals surface area contributed by atoms with E-state index in [0.717, 1.165) is 32.5 Å². The molecule has 0 radical (unpaired) electrons. The lowest BCUT2D eigenvalue weighted by atomic mass is 10.1. The van der Waals surface area contributed by atoms with E-state index in [1.807, 2.05) is 0 Å². The Balaban J connectivity index is 1.43. The van der Waals surface area contributed by atoms with Gasteiger partial charge < -0.3 is 15.4 Å². The summed E-state index contributed by atoms with van der Waals surface area (Å²) >= 11 is 0. The number of amides is 1. The maximum atomic E-state index is 11.6. The standard InChI is InChI=1S/C14H26N2O2/c17-14(11-12-5-3-8-15-12)16-9-4-10-18-13-6-1-2-7-13/h12-13,15H,1-11H2,(H,16,17). The molecule has 2 fully saturated rings. The molecule has 0 aromatic carbocycles. The van der Waals surface area contributed by atoms with Gasteiger partial charge in [-0.2, -0.15) is 0 Å². The van der Waals surface area contributed by atoms with Gasteiger partial charge in [-0.15, -0.1) is 0 Å². The summed E-state index contributed by atoms with van der Waals surface area (Å²) in [7, 11) is 0. The highest BCUT2D eigenvalue weighted by molar-refractivity contribution is 5.76. The van der Waals surface area contributed by atoms with E-state index in [-0.39, 0.29) is 5.91 Å². The number of carbonyl (C=O) groups is 1. The Morgan fingerprint density at radius 3 is 2.78 bits per heavy atom. The Kier molecular flexibility index (Phi) is 5.94. The van der Waals surface area contributed by atoms with Crippen molar-refractivity contribution in [2.45, 2.75) is 63.5 Å². The molecule has 1 aliphatic carbocycles. The molecule has 0 spiro atoms. The summed E-state index contributed by atoms with van der Waals surface area (Å²) in [5, 5.41) is 6.32. The van der Waals surface area contributed by atoms with Crippen molar-refractivity contribution in [1.29, 1.82) is 0 Å². The van der Waals surface area contributed by atoms with Gasteiger partial charge in [0, 0.05) is 25.6 Å². The van der Waals surface area contributed by atoms with Crippen LogP contribution in [0.1, 0.15) is 51.4 Å². The summed E-state index contributed by atoms with van der Waals surface area (Å²) in [4.78, 5) is 11.6. The zero-order valence-electron chi connectivity index (χ0n) is 11.2. The largest absolute Gasteiger partial charge is 0.378 e. The maximum absolute atomic E-state index is 11.6. The van der Waals surface area contributed by atoms with Gasteiger partial charge >= 0.3 is 0 Å². The third-order valence-electron chi connectivity index (χ3n) is 3.89. The lowest BCUT2D eigenvalue weighted by Gasteiger charge is -2.12. The molecule has 1 aliphatic heterocycles. The van der Waals surface area contributed by atoms with E-state index in [0.29, 0.717) is 18.6 Å². The fourth-order valence-corrected chi connectivity index (χ4v) is 2.83. The Labute approximate surface area is 110 Å². The number of hydrogen-bond donors (Lipinski definition) is 2. The van der Waals surface area contributed by atoms with Crippen LogP contribution in [0, 0.1) is 0 Å². The van der Waals surface area contributed by atoms with Crippen LogP contribution in [-0.4, -0.2) is 37.7 Å². The first-order valence-corrected chi connectivity index (χ1v) is 7.46. The normalized spacial score (nSPS) is 24.6. The van der Waals surface area contributed by atoms with E-state index in [1.54, 1.807) is 0 Å². The topological polar surface area (TPSA) is 50.4 Å². The fraction of sp³-hybridized carbons (Fsp3) is 0.929. The molecule has 0 aromatic heterocycles. The van der Waals surface area contributed by atoms with E-state index in [2.05, 4.69) is 10.6 Å². The van der Waals surface area contributed by atoms with Gasteiger partial charge in [-0.25, -0.2) is 0 Å². The Bertz CT molecular complexity index is 246. The summed E-state index contributed by atoms with van der Waals surface area (Å²) in [5.74, 6) is 0.176. The highest BCUT2D eigenvalue weighted by atomic mass is 16.5. The summed E-state index contributed by atoms with van der Waals surface area (Å²) < 4.78 is 5.75.